The molecule has 0 saturated carbocycles. The van der Waals surface area contributed by atoms with Crippen molar-refractivity contribution in [1.82, 2.24) is 20.1 Å². The Morgan fingerprint density at radius 1 is 1.16 bits per heavy atom. The Kier molecular flexibility index (Phi) is 3.93. The molecular formula is C19H18N4O2. The number of carbonyl (C=O) groups is 1. The Balaban J connectivity index is 1.54. The molecule has 126 valence electrons. The topological polar surface area (TPSA) is 80.0 Å². The van der Waals surface area contributed by atoms with Gasteiger partial charge in [-0.05, 0) is 43.5 Å². The molecule has 6 nitrogen and oxygen atoms in total. The zero-order chi connectivity index (χ0) is 17.2. The molecule has 2 heterocycles. The smallest absolute Gasteiger partial charge is 0.251 e. The summed E-state index contributed by atoms with van der Waals surface area (Å²) in [6.45, 7) is 0. The van der Waals surface area contributed by atoms with Gasteiger partial charge in [-0.15, -0.1) is 0 Å². The zero-order valence-corrected chi connectivity index (χ0v) is 13.6. The number of aromatic nitrogens is 3. The summed E-state index contributed by atoms with van der Waals surface area (Å²) >= 11 is 0. The summed E-state index contributed by atoms with van der Waals surface area (Å²) in [6.07, 6.45) is 3.73. The number of hydrogen-bond donors (Lipinski definition) is 2. The van der Waals surface area contributed by atoms with E-state index in [4.69, 9.17) is 0 Å². The van der Waals surface area contributed by atoms with E-state index in [2.05, 4.69) is 15.4 Å². The highest BCUT2D eigenvalue weighted by Crippen LogP contribution is 2.30. The Morgan fingerprint density at radius 2 is 1.96 bits per heavy atom. The molecule has 1 unspecified atom stereocenters. The molecule has 0 radical (unpaired) electrons. The fourth-order valence-electron chi connectivity index (χ4n) is 3.17. The number of rotatable bonds is 3. The lowest BCUT2D eigenvalue weighted by atomic mass is 9.93. The standard InChI is InChI=1S/C19H18N4O2/c24-18(13-6-2-1-3-7-13)21-14-9-10-16-15(12-14)19(25)23(22-16)17-8-4-5-11-20-17/h1-8,11,14,25H,9-10,12H2,(H,21,24). The number of aromatic hydroxyl groups is 1. The van der Waals surface area contributed by atoms with Gasteiger partial charge in [0.15, 0.2) is 5.82 Å². The first-order valence-electron chi connectivity index (χ1n) is 8.29. The number of aryl methyl sites for hydroxylation is 1. The first-order chi connectivity index (χ1) is 12.2. The van der Waals surface area contributed by atoms with Crippen LogP contribution in [0, 0.1) is 0 Å². The van der Waals surface area contributed by atoms with E-state index in [1.807, 2.05) is 30.3 Å². The SMILES string of the molecule is O=C(NC1CCc2nn(-c3ccccn3)c(O)c2C1)c1ccccc1. The summed E-state index contributed by atoms with van der Waals surface area (Å²) in [7, 11) is 0. The van der Waals surface area contributed by atoms with Gasteiger partial charge >= 0.3 is 0 Å². The van der Waals surface area contributed by atoms with Gasteiger partial charge in [-0.25, -0.2) is 4.98 Å². The number of nitrogens with one attached hydrogen (secondary N) is 1. The largest absolute Gasteiger partial charge is 0.493 e. The van der Waals surface area contributed by atoms with Crippen LogP contribution < -0.4 is 5.32 Å². The molecule has 0 saturated heterocycles. The van der Waals surface area contributed by atoms with Gasteiger partial charge in [-0.3, -0.25) is 4.79 Å². The summed E-state index contributed by atoms with van der Waals surface area (Å²) < 4.78 is 1.46. The second-order valence-electron chi connectivity index (χ2n) is 6.13. The number of benzene rings is 1. The molecule has 3 aromatic rings. The van der Waals surface area contributed by atoms with E-state index in [9.17, 15) is 9.90 Å². The lowest BCUT2D eigenvalue weighted by molar-refractivity contribution is 0.0933. The van der Waals surface area contributed by atoms with Crippen molar-refractivity contribution in [2.75, 3.05) is 0 Å². The van der Waals surface area contributed by atoms with E-state index in [1.165, 1.54) is 4.68 Å². The fraction of sp³-hybridized carbons (Fsp3) is 0.211. The maximum absolute atomic E-state index is 12.3. The van der Waals surface area contributed by atoms with Gasteiger partial charge in [0, 0.05) is 23.4 Å². The molecule has 1 amide bonds. The summed E-state index contributed by atoms with van der Waals surface area (Å²) in [5.41, 5.74) is 2.30. The highest BCUT2D eigenvalue weighted by molar-refractivity contribution is 5.94. The van der Waals surface area contributed by atoms with Gasteiger partial charge < -0.3 is 10.4 Å². The first kappa shape index (κ1) is 15.4. The molecular weight excluding hydrogens is 316 g/mol. The maximum atomic E-state index is 12.3. The zero-order valence-electron chi connectivity index (χ0n) is 13.6. The van der Waals surface area contributed by atoms with E-state index in [0.29, 0.717) is 24.2 Å². The lowest BCUT2D eigenvalue weighted by Gasteiger charge is -2.22. The second kappa shape index (κ2) is 6.39. The second-order valence-corrected chi connectivity index (χ2v) is 6.13. The number of nitrogens with zero attached hydrogens (tertiary/aromatic N) is 3. The molecule has 0 spiro atoms. The Labute approximate surface area is 145 Å². The molecule has 0 bridgehead atoms. The molecule has 1 aliphatic carbocycles. The van der Waals surface area contributed by atoms with Crippen LogP contribution in [0.15, 0.2) is 54.7 Å². The third-order valence-electron chi connectivity index (χ3n) is 4.46. The van der Waals surface area contributed by atoms with Crippen LogP contribution in [0.5, 0.6) is 5.88 Å². The van der Waals surface area contributed by atoms with Gasteiger partial charge in [0.05, 0.1) is 5.69 Å². The number of hydrogen-bond acceptors (Lipinski definition) is 4. The predicted molar refractivity (Wildman–Crippen MR) is 92.7 cm³/mol. The Bertz CT molecular complexity index is 891. The van der Waals surface area contributed by atoms with E-state index in [-0.39, 0.29) is 17.8 Å². The molecule has 0 aliphatic heterocycles. The van der Waals surface area contributed by atoms with Gasteiger partial charge in [0.2, 0.25) is 5.88 Å². The van der Waals surface area contributed by atoms with Crippen molar-refractivity contribution in [2.24, 2.45) is 0 Å². The highest BCUT2D eigenvalue weighted by atomic mass is 16.3. The highest BCUT2D eigenvalue weighted by Gasteiger charge is 2.27. The minimum absolute atomic E-state index is 0.0208. The lowest BCUT2D eigenvalue weighted by Crippen LogP contribution is -2.38. The molecule has 25 heavy (non-hydrogen) atoms. The van der Waals surface area contributed by atoms with Crippen molar-refractivity contribution < 1.29 is 9.90 Å². The Hall–Kier alpha value is -3.15. The third-order valence-corrected chi connectivity index (χ3v) is 4.46. The number of amides is 1. The van der Waals surface area contributed by atoms with Crippen molar-refractivity contribution >= 4 is 5.91 Å². The average molecular weight is 334 g/mol. The summed E-state index contributed by atoms with van der Waals surface area (Å²) in [5.74, 6) is 0.595. The van der Waals surface area contributed by atoms with E-state index in [1.54, 1.807) is 24.4 Å². The van der Waals surface area contributed by atoms with Gasteiger partial charge in [-0.1, -0.05) is 24.3 Å². The van der Waals surface area contributed by atoms with Crippen LogP contribution in [0.25, 0.3) is 5.82 Å². The summed E-state index contributed by atoms with van der Waals surface area (Å²) in [5, 5.41) is 18.1. The van der Waals surface area contributed by atoms with E-state index >= 15 is 0 Å². The molecule has 2 aromatic heterocycles. The average Bonchev–Trinajstić information content (AvgIpc) is 2.99. The summed E-state index contributed by atoms with van der Waals surface area (Å²) in [4.78, 5) is 16.6. The molecule has 4 rings (SSSR count). The molecule has 0 fully saturated rings. The van der Waals surface area contributed by atoms with Crippen molar-refractivity contribution in [3.05, 3.63) is 71.5 Å². The van der Waals surface area contributed by atoms with Crippen LogP contribution >= 0.6 is 0 Å². The van der Waals surface area contributed by atoms with E-state index < -0.39 is 0 Å². The maximum Gasteiger partial charge on any atom is 0.251 e. The van der Waals surface area contributed by atoms with Gasteiger partial charge in [0.25, 0.3) is 5.91 Å². The number of pyridine rings is 1. The monoisotopic (exact) mass is 334 g/mol. The van der Waals surface area contributed by atoms with Crippen LogP contribution in [-0.4, -0.2) is 31.8 Å². The minimum Gasteiger partial charge on any atom is -0.493 e. The molecule has 1 atom stereocenters. The van der Waals surface area contributed by atoms with Gasteiger partial charge in [0.1, 0.15) is 0 Å². The van der Waals surface area contributed by atoms with Crippen molar-refractivity contribution in [3.63, 3.8) is 0 Å². The summed E-state index contributed by atoms with van der Waals surface area (Å²) in [6, 6.07) is 14.6. The predicted octanol–water partition coefficient (Wildman–Crippen LogP) is 2.26. The number of carbonyl (C=O) groups excluding carboxylic acids is 1. The third kappa shape index (κ3) is 2.98. The van der Waals surface area contributed by atoms with Crippen molar-refractivity contribution in [3.8, 4) is 11.7 Å². The van der Waals surface area contributed by atoms with Crippen LogP contribution in [0.3, 0.4) is 0 Å². The van der Waals surface area contributed by atoms with Crippen molar-refractivity contribution in [2.45, 2.75) is 25.3 Å². The first-order valence-corrected chi connectivity index (χ1v) is 8.29. The van der Waals surface area contributed by atoms with Crippen LogP contribution in [0.2, 0.25) is 0 Å². The minimum atomic E-state index is -0.0920. The van der Waals surface area contributed by atoms with Crippen LogP contribution in [0.1, 0.15) is 28.0 Å². The molecule has 1 aliphatic rings. The molecule has 1 aromatic carbocycles. The van der Waals surface area contributed by atoms with Crippen LogP contribution in [0.4, 0.5) is 0 Å². The Morgan fingerprint density at radius 3 is 2.72 bits per heavy atom. The fourth-order valence-corrected chi connectivity index (χ4v) is 3.17. The van der Waals surface area contributed by atoms with E-state index in [0.717, 1.165) is 17.7 Å². The van der Waals surface area contributed by atoms with Gasteiger partial charge in [-0.2, -0.15) is 9.78 Å². The normalized spacial score (nSPS) is 16.2. The quantitative estimate of drug-likeness (QED) is 0.770. The molecule has 6 heteroatoms. The van der Waals surface area contributed by atoms with Crippen LogP contribution in [-0.2, 0) is 12.8 Å². The number of fused-ring (bicyclic) bond motifs is 1. The van der Waals surface area contributed by atoms with Crippen molar-refractivity contribution in [1.29, 1.82) is 0 Å². The molecule has 2 N–H and O–H groups in total.